The third-order valence-electron chi connectivity index (χ3n) is 4.66. The smallest absolute Gasteiger partial charge is 0.337 e. The lowest BCUT2D eigenvalue weighted by atomic mass is 9.96. The monoisotopic (exact) mass is 359 g/mol. The number of amides is 2. The molecule has 1 aromatic carbocycles. The molecular weight excluding hydrogens is 334 g/mol. The van der Waals surface area contributed by atoms with Crippen LogP contribution in [-0.2, 0) is 6.54 Å². The first-order chi connectivity index (χ1) is 12.7. The molecule has 1 aliphatic carbocycles. The van der Waals surface area contributed by atoms with Crippen molar-refractivity contribution in [1.82, 2.24) is 20.2 Å². The van der Waals surface area contributed by atoms with E-state index in [4.69, 9.17) is 9.47 Å². The normalized spacial score (nSPS) is 14.7. The molecule has 0 saturated heterocycles. The third-order valence-corrected chi connectivity index (χ3v) is 4.66. The van der Waals surface area contributed by atoms with Gasteiger partial charge in [-0.2, -0.15) is 0 Å². The number of nitrogens with zero attached hydrogens (tertiary/aromatic N) is 4. The maximum Gasteiger partial charge on any atom is 0.337 e. The number of nitrogens with one attached hydrogen (secondary N) is 1. The van der Waals surface area contributed by atoms with E-state index in [9.17, 15) is 4.79 Å². The first-order valence-corrected chi connectivity index (χ1v) is 8.85. The number of ether oxygens (including phenoxy) is 2. The fourth-order valence-electron chi connectivity index (χ4n) is 3.24. The van der Waals surface area contributed by atoms with Gasteiger partial charge in [-0.1, -0.05) is 19.3 Å². The summed E-state index contributed by atoms with van der Waals surface area (Å²) in [6.45, 7) is 0.303. The maximum absolute atomic E-state index is 12.9. The van der Waals surface area contributed by atoms with Crippen LogP contribution in [0.2, 0.25) is 0 Å². The number of rotatable bonds is 6. The summed E-state index contributed by atoms with van der Waals surface area (Å²) < 4.78 is 12.3. The molecule has 2 aromatic rings. The Morgan fingerprint density at radius 2 is 1.92 bits per heavy atom. The van der Waals surface area contributed by atoms with Crippen LogP contribution in [0.5, 0.6) is 11.5 Å². The number of methoxy groups -OCH3 is 2. The number of aromatic nitrogens is 3. The van der Waals surface area contributed by atoms with Crippen molar-refractivity contribution in [2.45, 2.75) is 44.7 Å². The van der Waals surface area contributed by atoms with E-state index in [0.717, 1.165) is 31.2 Å². The molecule has 0 unspecified atom stereocenters. The Kier molecular flexibility index (Phi) is 5.93. The van der Waals surface area contributed by atoms with Gasteiger partial charge in [-0.05, 0) is 31.0 Å². The summed E-state index contributed by atoms with van der Waals surface area (Å²) in [4.78, 5) is 12.9. The van der Waals surface area contributed by atoms with Gasteiger partial charge in [0.05, 0.1) is 20.8 Å². The Morgan fingerprint density at radius 3 is 2.58 bits per heavy atom. The Bertz CT molecular complexity index is 714. The van der Waals surface area contributed by atoms with E-state index >= 15 is 0 Å². The molecule has 8 heteroatoms. The largest absolute Gasteiger partial charge is 0.497 e. The van der Waals surface area contributed by atoms with Gasteiger partial charge in [0, 0.05) is 11.6 Å². The SMILES string of the molecule is COc1ccc(OC)c(CN(C(=O)NC2CCCCC2)n2cnnc2)c1. The van der Waals surface area contributed by atoms with Gasteiger partial charge in [0.1, 0.15) is 24.2 Å². The number of urea groups is 1. The topological polar surface area (TPSA) is 81.5 Å². The van der Waals surface area contributed by atoms with E-state index in [1.165, 1.54) is 19.1 Å². The fourth-order valence-corrected chi connectivity index (χ4v) is 3.24. The second kappa shape index (κ2) is 8.55. The highest BCUT2D eigenvalue weighted by Gasteiger charge is 2.22. The molecule has 1 fully saturated rings. The molecule has 0 spiro atoms. The lowest BCUT2D eigenvalue weighted by Gasteiger charge is -2.28. The molecule has 1 aromatic heterocycles. The van der Waals surface area contributed by atoms with Gasteiger partial charge in [0.2, 0.25) is 0 Å². The molecule has 8 nitrogen and oxygen atoms in total. The van der Waals surface area contributed by atoms with Crippen molar-refractivity contribution in [3.63, 3.8) is 0 Å². The number of benzene rings is 1. The molecule has 1 saturated carbocycles. The molecule has 26 heavy (non-hydrogen) atoms. The van der Waals surface area contributed by atoms with Crippen LogP contribution >= 0.6 is 0 Å². The highest BCUT2D eigenvalue weighted by Crippen LogP contribution is 2.25. The van der Waals surface area contributed by atoms with E-state index in [-0.39, 0.29) is 12.1 Å². The van der Waals surface area contributed by atoms with Gasteiger partial charge in [-0.15, -0.1) is 10.2 Å². The van der Waals surface area contributed by atoms with Gasteiger partial charge in [0.15, 0.2) is 0 Å². The maximum atomic E-state index is 12.9. The number of hydrogen-bond acceptors (Lipinski definition) is 5. The number of hydrogen-bond donors (Lipinski definition) is 1. The van der Waals surface area contributed by atoms with Crippen molar-refractivity contribution in [3.8, 4) is 11.5 Å². The molecule has 1 heterocycles. The Hall–Kier alpha value is -2.77. The van der Waals surface area contributed by atoms with Crippen LogP contribution in [0, 0.1) is 0 Å². The molecular formula is C18H25N5O3. The third kappa shape index (κ3) is 4.25. The van der Waals surface area contributed by atoms with Gasteiger partial charge >= 0.3 is 6.03 Å². The van der Waals surface area contributed by atoms with E-state index in [1.54, 1.807) is 23.9 Å². The standard InChI is InChI=1S/C18H25N5O3/c1-25-16-8-9-17(26-2)14(10-16)11-23(22-12-19-20-13-22)18(24)21-15-6-4-3-5-7-15/h8-10,12-13,15H,3-7,11H2,1-2H3,(H,21,24). The van der Waals surface area contributed by atoms with Crippen LogP contribution in [0.25, 0.3) is 0 Å². The molecule has 0 radical (unpaired) electrons. The molecule has 1 aliphatic rings. The summed E-state index contributed by atoms with van der Waals surface area (Å²) in [5.74, 6) is 1.39. The number of carbonyl (C=O) groups excluding carboxylic acids is 1. The molecule has 0 bridgehead atoms. The van der Waals surface area contributed by atoms with Crippen LogP contribution in [0.1, 0.15) is 37.7 Å². The second-order valence-corrected chi connectivity index (χ2v) is 6.36. The summed E-state index contributed by atoms with van der Waals surface area (Å²) in [6, 6.07) is 5.55. The van der Waals surface area contributed by atoms with Gasteiger partial charge in [0.25, 0.3) is 0 Å². The molecule has 0 atom stereocenters. The predicted molar refractivity (Wildman–Crippen MR) is 96.9 cm³/mol. The summed E-state index contributed by atoms with van der Waals surface area (Å²) in [7, 11) is 3.22. The van der Waals surface area contributed by atoms with Crippen LogP contribution in [0.3, 0.4) is 0 Å². The first-order valence-electron chi connectivity index (χ1n) is 8.85. The van der Waals surface area contributed by atoms with Crippen LogP contribution in [0.4, 0.5) is 4.79 Å². The van der Waals surface area contributed by atoms with Crippen molar-refractivity contribution in [2.24, 2.45) is 0 Å². The quantitative estimate of drug-likeness (QED) is 0.857. The Balaban J connectivity index is 1.82. The Morgan fingerprint density at radius 1 is 1.19 bits per heavy atom. The lowest BCUT2D eigenvalue weighted by molar-refractivity contribution is 0.231. The zero-order chi connectivity index (χ0) is 18.4. The summed E-state index contributed by atoms with van der Waals surface area (Å²) in [6.07, 6.45) is 8.60. The summed E-state index contributed by atoms with van der Waals surface area (Å²) in [5, 5.41) is 12.3. The van der Waals surface area contributed by atoms with E-state index in [2.05, 4.69) is 15.5 Å². The minimum atomic E-state index is -0.179. The highest BCUT2D eigenvalue weighted by atomic mass is 16.5. The summed E-state index contributed by atoms with van der Waals surface area (Å²) >= 11 is 0. The van der Waals surface area contributed by atoms with Crippen molar-refractivity contribution in [2.75, 3.05) is 19.2 Å². The Labute approximate surface area is 153 Å². The molecule has 140 valence electrons. The molecule has 1 N–H and O–H groups in total. The van der Waals surface area contributed by atoms with E-state index in [0.29, 0.717) is 18.0 Å². The van der Waals surface area contributed by atoms with Gasteiger partial charge < -0.3 is 14.8 Å². The van der Waals surface area contributed by atoms with Gasteiger partial charge in [-0.3, -0.25) is 0 Å². The van der Waals surface area contributed by atoms with Crippen LogP contribution in [0.15, 0.2) is 30.9 Å². The van der Waals surface area contributed by atoms with Crippen LogP contribution < -0.4 is 19.8 Å². The van der Waals surface area contributed by atoms with Crippen molar-refractivity contribution >= 4 is 6.03 Å². The molecule has 2 amide bonds. The fraction of sp³-hybridized carbons (Fsp3) is 0.500. The second-order valence-electron chi connectivity index (χ2n) is 6.36. The van der Waals surface area contributed by atoms with E-state index < -0.39 is 0 Å². The average molecular weight is 359 g/mol. The molecule has 3 rings (SSSR count). The number of carbonyl (C=O) groups is 1. The van der Waals surface area contributed by atoms with Crippen molar-refractivity contribution in [1.29, 1.82) is 0 Å². The van der Waals surface area contributed by atoms with Crippen molar-refractivity contribution < 1.29 is 14.3 Å². The highest BCUT2D eigenvalue weighted by molar-refractivity contribution is 5.84. The molecule has 0 aliphatic heterocycles. The predicted octanol–water partition coefficient (Wildman–Crippen LogP) is 2.48. The average Bonchev–Trinajstić information content (AvgIpc) is 3.21. The van der Waals surface area contributed by atoms with Crippen LogP contribution in [-0.4, -0.2) is 41.2 Å². The summed E-state index contributed by atoms with van der Waals surface area (Å²) in [5.41, 5.74) is 0.833. The minimum Gasteiger partial charge on any atom is -0.497 e. The van der Waals surface area contributed by atoms with Crippen molar-refractivity contribution in [3.05, 3.63) is 36.4 Å². The zero-order valence-electron chi connectivity index (χ0n) is 15.2. The zero-order valence-corrected chi connectivity index (χ0v) is 15.2. The first kappa shape index (κ1) is 18.0. The minimum absolute atomic E-state index is 0.179. The lowest BCUT2D eigenvalue weighted by Crippen LogP contribution is -2.49. The van der Waals surface area contributed by atoms with Gasteiger partial charge in [-0.25, -0.2) is 14.5 Å². The van der Waals surface area contributed by atoms with E-state index in [1.807, 2.05) is 18.2 Å².